The summed E-state index contributed by atoms with van der Waals surface area (Å²) in [6.45, 7) is 5.31. The predicted molar refractivity (Wildman–Crippen MR) is 68.2 cm³/mol. The minimum Gasteiger partial charge on any atom is -0.377 e. The molecule has 0 spiro atoms. The van der Waals surface area contributed by atoms with Crippen molar-refractivity contribution < 1.29 is 14.1 Å². The number of carbonyl (C=O) groups excluding carboxylic acids is 1. The molecule has 1 rings (SSSR count). The van der Waals surface area contributed by atoms with Gasteiger partial charge in [-0.05, 0) is 5.92 Å². The quantitative estimate of drug-likeness (QED) is 0.751. The van der Waals surface area contributed by atoms with Crippen LogP contribution < -0.4 is 0 Å². The Morgan fingerprint density at radius 3 is 2.95 bits per heavy atom. The fraction of sp³-hybridized carbons (Fsp3) is 0.615. The van der Waals surface area contributed by atoms with Gasteiger partial charge in [0.2, 0.25) is 0 Å². The smallest absolute Gasteiger partial charge is 0.276 e. The van der Waals surface area contributed by atoms with Gasteiger partial charge in [-0.15, -0.1) is 0 Å². The SMILES string of the molecule is COCc1cc(C(=O)N(CCC#N)CC(C)C)no1. The Morgan fingerprint density at radius 1 is 1.63 bits per heavy atom. The highest BCUT2D eigenvalue weighted by Crippen LogP contribution is 2.10. The number of nitriles is 1. The lowest BCUT2D eigenvalue weighted by atomic mass is 10.2. The van der Waals surface area contributed by atoms with Gasteiger partial charge in [0.25, 0.3) is 5.91 Å². The number of rotatable bonds is 7. The molecule has 0 aliphatic carbocycles. The van der Waals surface area contributed by atoms with Crippen LogP contribution >= 0.6 is 0 Å². The molecule has 0 radical (unpaired) electrons. The van der Waals surface area contributed by atoms with E-state index < -0.39 is 0 Å². The zero-order valence-corrected chi connectivity index (χ0v) is 11.5. The van der Waals surface area contributed by atoms with Gasteiger partial charge in [0.15, 0.2) is 11.5 Å². The highest BCUT2D eigenvalue weighted by atomic mass is 16.5. The Kier molecular flexibility index (Phi) is 6.03. The molecule has 0 fully saturated rings. The monoisotopic (exact) mass is 265 g/mol. The van der Waals surface area contributed by atoms with Crippen molar-refractivity contribution >= 4 is 5.91 Å². The number of ether oxygens (including phenoxy) is 1. The molecular weight excluding hydrogens is 246 g/mol. The molecule has 0 aromatic carbocycles. The van der Waals surface area contributed by atoms with Crippen LogP contribution in [0.3, 0.4) is 0 Å². The summed E-state index contributed by atoms with van der Waals surface area (Å²) in [5, 5.41) is 12.4. The summed E-state index contributed by atoms with van der Waals surface area (Å²) in [5.41, 5.74) is 0.255. The zero-order chi connectivity index (χ0) is 14.3. The summed E-state index contributed by atoms with van der Waals surface area (Å²) in [7, 11) is 1.54. The van der Waals surface area contributed by atoms with Crippen molar-refractivity contribution in [3.05, 3.63) is 17.5 Å². The molecule has 1 amide bonds. The highest BCUT2D eigenvalue weighted by molar-refractivity contribution is 5.92. The summed E-state index contributed by atoms with van der Waals surface area (Å²) in [5.74, 6) is 0.624. The van der Waals surface area contributed by atoms with Crippen molar-refractivity contribution in [3.63, 3.8) is 0 Å². The van der Waals surface area contributed by atoms with Crippen LogP contribution in [-0.4, -0.2) is 36.2 Å². The summed E-state index contributed by atoms with van der Waals surface area (Å²) in [6, 6.07) is 3.62. The second-order valence-electron chi connectivity index (χ2n) is 4.66. The first kappa shape index (κ1) is 15.2. The van der Waals surface area contributed by atoms with Gasteiger partial charge in [-0.25, -0.2) is 0 Å². The molecule has 0 unspecified atom stereocenters. The summed E-state index contributed by atoms with van der Waals surface area (Å²) >= 11 is 0. The number of carbonyl (C=O) groups is 1. The Bertz CT molecular complexity index is 448. The standard InChI is InChI=1S/C13H19N3O3/c1-10(2)8-16(6-4-5-14)13(17)12-7-11(9-18-3)19-15-12/h7,10H,4,6,8-9H2,1-3H3. The van der Waals surface area contributed by atoms with Crippen molar-refractivity contribution in [1.82, 2.24) is 10.1 Å². The molecule has 6 nitrogen and oxygen atoms in total. The lowest BCUT2D eigenvalue weighted by Crippen LogP contribution is -2.35. The minimum absolute atomic E-state index is 0.213. The lowest BCUT2D eigenvalue weighted by molar-refractivity contribution is 0.0729. The van der Waals surface area contributed by atoms with E-state index in [1.54, 1.807) is 18.1 Å². The molecular formula is C13H19N3O3. The maximum atomic E-state index is 12.3. The van der Waals surface area contributed by atoms with E-state index in [0.717, 1.165) is 0 Å². The molecule has 0 saturated carbocycles. The van der Waals surface area contributed by atoms with E-state index in [-0.39, 0.29) is 18.2 Å². The van der Waals surface area contributed by atoms with Crippen LogP contribution in [0.5, 0.6) is 0 Å². The Balaban J connectivity index is 2.76. The number of methoxy groups -OCH3 is 1. The first-order chi connectivity index (χ1) is 9.08. The van der Waals surface area contributed by atoms with Crippen LogP contribution in [0.15, 0.2) is 10.6 Å². The number of hydrogen-bond acceptors (Lipinski definition) is 5. The van der Waals surface area contributed by atoms with E-state index in [2.05, 4.69) is 5.16 Å². The first-order valence-electron chi connectivity index (χ1n) is 6.19. The van der Waals surface area contributed by atoms with E-state index in [9.17, 15) is 4.79 Å². The van der Waals surface area contributed by atoms with Crippen LogP contribution in [0.4, 0.5) is 0 Å². The maximum Gasteiger partial charge on any atom is 0.276 e. The van der Waals surface area contributed by atoms with Crippen molar-refractivity contribution in [3.8, 4) is 6.07 Å². The lowest BCUT2D eigenvalue weighted by Gasteiger charge is -2.22. The van der Waals surface area contributed by atoms with Gasteiger partial charge in [-0.1, -0.05) is 19.0 Å². The number of aromatic nitrogens is 1. The molecule has 1 aromatic rings. The van der Waals surface area contributed by atoms with Gasteiger partial charge in [0, 0.05) is 26.3 Å². The molecule has 0 bridgehead atoms. The topological polar surface area (TPSA) is 79.4 Å². The van der Waals surface area contributed by atoms with Crippen LogP contribution in [0.25, 0.3) is 0 Å². The van der Waals surface area contributed by atoms with E-state index in [1.165, 1.54) is 0 Å². The summed E-state index contributed by atoms with van der Waals surface area (Å²) < 4.78 is 9.91. The predicted octanol–water partition coefficient (Wildman–Crippen LogP) is 1.83. The first-order valence-corrected chi connectivity index (χ1v) is 6.19. The van der Waals surface area contributed by atoms with Crippen LogP contribution in [-0.2, 0) is 11.3 Å². The maximum absolute atomic E-state index is 12.3. The largest absolute Gasteiger partial charge is 0.377 e. The van der Waals surface area contributed by atoms with Crippen molar-refractivity contribution in [1.29, 1.82) is 5.26 Å². The summed E-state index contributed by atoms with van der Waals surface area (Å²) in [4.78, 5) is 13.9. The highest BCUT2D eigenvalue weighted by Gasteiger charge is 2.20. The van der Waals surface area contributed by atoms with Gasteiger partial charge in [-0.3, -0.25) is 4.79 Å². The van der Waals surface area contributed by atoms with E-state index in [1.807, 2.05) is 19.9 Å². The number of amides is 1. The Hall–Kier alpha value is -1.87. The van der Waals surface area contributed by atoms with Crippen molar-refractivity contribution in [2.45, 2.75) is 26.9 Å². The van der Waals surface area contributed by atoms with E-state index in [0.29, 0.717) is 31.2 Å². The third-order valence-electron chi connectivity index (χ3n) is 2.43. The van der Waals surface area contributed by atoms with Crippen LogP contribution in [0, 0.1) is 17.2 Å². The molecule has 1 heterocycles. The zero-order valence-electron chi connectivity index (χ0n) is 11.5. The fourth-order valence-corrected chi connectivity index (χ4v) is 1.69. The van der Waals surface area contributed by atoms with Crippen LogP contribution in [0.2, 0.25) is 0 Å². The molecule has 0 aliphatic rings. The van der Waals surface area contributed by atoms with E-state index in [4.69, 9.17) is 14.5 Å². The Morgan fingerprint density at radius 2 is 2.37 bits per heavy atom. The molecule has 19 heavy (non-hydrogen) atoms. The average Bonchev–Trinajstić information content (AvgIpc) is 2.82. The molecule has 0 N–H and O–H groups in total. The normalized spacial score (nSPS) is 10.5. The molecule has 0 atom stereocenters. The third kappa shape index (κ3) is 4.72. The second-order valence-corrected chi connectivity index (χ2v) is 4.66. The van der Waals surface area contributed by atoms with Crippen LogP contribution in [0.1, 0.15) is 36.5 Å². The average molecular weight is 265 g/mol. The van der Waals surface area contributed by atoms with Crippen molar-refractivity contribution in [2.75, 3.05) is 20.2 Å². The Labute approximate surface area is 112 Å². The van der Waals surface area contributed by atoms with Gasteiger partial charge >= 0.3 is 0 Å². The fourth-order valence-electron chi connectivity index (χ4n) is 1.69. The van der Waals surface area contributed by atoms with Gasteiger partial charge in [0.05, 0.1) is 12.5 Å². The van der Waals surface area contributed by atoms with Gasteiger partial charge in [0.1, 0.15) is 6.61 Å². The molecule has 1 aromatic heterocycles. The van der Waals surface area contributed by atoms with Gasteiger partial charge < -0.3 is 14.2 Å². The van der Waals surface area contributed by atoms with E-state index >= 15 is 0 Å². The minimum atomic E-state index is -0.213. The summed E-state index contributed by atoms with van der Waals surface area (Å²) in [6.07, 6.45) is 0.307. The number of nitrogens with zero attached hydrogens (tertiary/aromatic N) is 3. The molecule has 6 heteroatoms. The van der Waals surface area contributed by atoms with Crippen molar-refractivity contribution in [2.24, 2.45) is 5.92 Å². The third-order valence-corrected chi connectivity index (χ3v) is 2.43. The molecule has 104 valence electrons. The molecule has 0 aliphatic heterocycles. The number of hydrogen-bond donors (Lipinski definition) is 0. The second kappa shape index (κ2) is 7.54. The van der Waals surface area contributed by atoms with Gasteiger partial charge in [-0.2, -0.15) is 5.26 Å². The molecule has 0 saturated heterocycles.